The average Bonchev–Trinajstić information content (AvgIpc) is 3.01. The second-order valence-electron chi connectivity index (χ2n) is 5.96. The first kappa shape index (κ1) is 16.9. The lowest BCUT2D eigenvalue weighted by atomic mass is 9.84. The minimum Gasteiger partial charge on any atom is -0.494 e. The van der Waals surface area contributed by atoms with Crippen LogP contribution in [0.15, 0.2) is 24.3 Å². The van der Waals surface area contributed by atoms with Gasteiger partial charge in [-0.2, -0.15) is 0 Å². The summed E-state index contributed by atoms with van der Waals surface area (Å²) in [4.78, 5) is 14.4. The van der Waals surface area contributed by atoms with E-state index in [9.17, 15) is 4.79 Å². The number of nitrogens with zero attached hydrogens (tertiary/aromatic N) is 3. The molecule has 3 rings (SSSR count). The van der Waals surface area contributed by atoms with Gasteiger partial charge in [0.2, 0.25) is 11.0 Å². The second-order valence-corrected chi connectivity index (χ2v) is 6.92. The molecule has 0 aliphatic heterocycles. The van der Waals surface area contributed by atoms with Gasteiger partial charge >= 0.3 is 0 Å². The molecule has 0 spiro atoms. The Hall–Kier alpha value is -1.95. The van der Waals surface area contributed by atoms with Gasteiger partial charge in [0.1, 0.15) is 10.8 Å². The fourth-order valence-corrected chi connectivity index (χ4v) is 3.58. The molecule has 0 saturated heterocycles. The Morgan fingerprint density at radius 1 is 1.25 bits per heavy atom. The third-order valence-electron chi connectivity index (χ3n) is 4.23. The van der Waals surface area contributed by atoms with Gasteiger partial charge in [-0.05, 0) is 50.5 Å². The Labute approximate surface area is 146 Å². The quantitative estimate of drug-likeness (QED) is 0.756. The van der Waals surface area contributed by atoms with Crippen LogP contribution in [0.25, 0.3) is 10.6 Å². The highest BCUT2D eigenvalue weighted by molar-refractivity contribution is 7.18. The Balaban J connectivity index is 1.78. The van der Waals surface area contributed by atoms with E-state index in [-0.39, 0.29) is 11.8 Å². The highest BCUT2D eigenvalue weighted by atomic mass is 32.1. The Kier molecular flexibility index (Phi) is 5.45. The lowest BCUT2D eigenvalue weighted by Gasteiger charge is -2.29. The molecule has 1 aromatic carbocycles. The van der Waals surface area contributed by atoms with Crippen molar-refractivity contribution in [1.82, 2.24) is 10.2 Å². The minimum atomic E-state index is 0.175. The molecule has 1 aliphatic rings. The number of aromatic nitrogens is 2. The molecular weight excluding hydrogens is 322 g/mol. The molecular formula is C18H23N3O2S. The summed E-state index contributed by atoms with van der Waals surface area (Å²) >= 11 is 1.48. The summed E-state index contributed by atoms with van der Waals surface area (Å²) in [5, 5.41) is 10.1. The summed E-state index contributed by atoms with van der Waals surface area (Å²) < 4.78 is 5.46. The lowest BCUT2D eigenvalue weighted by Crippen LogP contribution is -2.39. The summed E-state index contributed by atoms with van der Waals surface area (Å²) in [5.41, 5.74) is 0.995. The summed E-state index contributed by atoms with van der Waals surface area (Å²) in [6, 6.07) is 7.83. The standard InChI is InChI=1S/C18H23N3O2S/c1-3-12-21(17(22)14-6-5-7-14)18-20-19-16(24-18)13-8-10-15(11-9-13)23-4-2/h8-11,14H,3-7,12H2,1-2H3. The first-order valence-electron chi connectivity index (χ1n) is 8.61. The van der Waals surface area contributed by atoms with Crippen LogP contribution < -0.4 is 9.64 Å². The van der Waals surface area contributed by atoms with Crippen molar-refractivity contribution in [3.8, 4) is 16.3 Å². The van der Waals surface area contributed by atoms with Gasteiger partial charge in [0.25, 0.3) is 0 Å². The lowest BCUT2D eigenvalue weighted by molar-refractivity contribution is -0.124. The van der Waals surface area contributed by atoms with E-state index in [0.717, 1.165) is 42.0 Å². The maximum absolute atomic E-state index is 12.6. The normalized spacial score (nSPS) is 14.2. The zero-order valence-electron chi connectivity index (χ0n) is 14.2. The molecule has 0 unspecified atom stereocenters. The summed E-state index contributed by atoms with van der Waals surface area (Å²) in [7, 11) is 0. The van der Waals surface area contributed by atoms with Crippen molar-refractivity contribution in [2.45, 2.75) is 39.5 Å². The minimum absolute atomic E-state index is 0.175. The van der Waals surface area contributed by atoms with Crippen LogP contribution in [-0.4, -0.2) is 29.3 Å². The number of anilines is 1. The number of benzene rings is 1. The van der Waals surface area contributed by atoms with Crippen molar-refractivity contribution >= 4 is 22.4 Å². The topological polar surface area (TPSA) is 55.3 Å². The van der Waals surface area contributed by atoms with Crippen LogP contribution in [0.4, 0.5) is 5.13 Å². The fourth-order valence-electron chi connectivity index (χ4n) is 2.70. The smallest absolute Gasteiger partial charge is 0.231 e. The van der Waals surface area contributed by atoms with Gasteiger partial charge in [-0.25, -0.2) is 0 Å². The van der Waals surface area contributed by atoms with E-state index < -0.39 is 0 Å². The van der Waals surface area contributed by atoms with E-state index in [1.165, 1.54) is 11.3 Å². The summed E-state index contributed by atoms with van der Waals surface area (Å²) in [6.45, 7) is 5.40. The van der Waals surface area contributed by atoms with Crippen molar-refractivity contribution in [2.75, 3.05) is 18.1 Å². The van der Waals surface area contributed by atoms with Crippen LogP contribution in [0.3, 0.4) is 0 Å². The predicted molar refractivity (Wildman–Crippen MR) is 96.5 cm³/mol. The number of hydrogen-bond acceptors (Lipinski definition) is 5. The van der Waals surface area contributed by atoms with Gasteiger partial charge < -0.3 is 4.74 Å². The number of carbonyl (C=O) groups is 1. The Morgan fingerprint density at radius 3 is 2.58 bits per heavy atom. The van der Waals surface area contributed by atoms with Crippen LogP contribution in [0.1, 0.15) is 39.5 Å². The molecule has 24 heavy (non-hydrogen) atoms. The van der Waals surface area contributed by atoms with E-state index in [4.69, 9.17) is 4.74 Å². The van der Waals surface area contributed by atoms with Crippen LogP contribution in [0.2, 0.25) is 0 Å². The molecule has 1 aliphatic carbocycles. The molecule has 0 atom stereocenters. The van der Waals surface area contributed by atoms with Gasteiger partial charge in [0.15, 0.2) is 0 Å². The number of rotatable bonds is 7. The molecule has 6 heteroatoms. The largest absolute Gasteiger partial charge is 0.494 e. The van der Waals surface area contributed by atoms with Crippen LogP contribution >= 0.6 is 11.3 Å². The van der Waals surface area contributed by atoms with Crippen molar-refractivity contribution in [1.29, 1.82) is 0 Å². The third-order valence-corrected chi connectivity index (χ3v) is 5.22. The number of carbonyl (C=O) groups excluding carboxylic acids is 1. The van der Waals surface area contributed by atoms with E-state index in [0.29, 0.717) is 18.3 Å². The Bertz CT molecular complexity index is 680. The van der Waals surface area contributed by atoms with E-state index in [1.54, 1.807) is 0 Å². The SMILES string of the molecule is CCCN(C(=O)C1CCC1)c1nnc(-c2ccc(OCC)cc2)s1. The molecule has 0 N–H and O–H groups in total. The van der Waals surface area contributed by atoms with Gasteiger partial charge in [0.05, 0.1) is 6.61 Å². The van der Waals surface area contributed by atoms with E-state index >= 15 is 0 Å². The molecule has 1 heterocycles. The zero-order chi connectivity index (χ0) is 16.9. The zero-order valence-corrected chi connectivity index (χ0v) is 15.0. The third kappa shape index (κ3) is 3.59. The predicted octanol–water partition coefficient (Wildman–Crippen LogP) is 4.15. The van der Waals surface area contributed by atoms with Crippen LogP contribution in [0.5, 0.6) is 5.75 Å². The van der Waals surface area contributed by atoms with Gasteiger partial charge in [-0.1, -0.05) is 24.7 Å². The highest BCUT2D eigenvalue weighted by Gasteiger charge is 2.31. The molecule has 5 nitrogen and oxygen atoms in total. The molecule has 1 aromatic heterocycles. The van der Waals surface area contributed by atoms with Gasteiger partial charge in [0, 0.05) is 18.0 Å². The average molecular weight is 345 g/mol. The highest BCUT2D eigenvalue weighted by Crippen LogP contribution is 2.34. The molecule has 0 bridgehead atoms. The molecule has 128 valence electrons. The number of hydrogen-bond donors (Lipinski definition) is 0. The van der Waals surface area contributed by atoms with Crippen LogP contribution in [0, 0.1) is 5.92 Å². The molecule has 1 saturated carbocycles. The maximum atomic E-state index is 12.6. The fraction of sp³-hybridized carbons (Fsp3) is 0.500. The monoisotopic (exact) mass is 345 g/mol. The van der Waals surface area contributed by atoms with Crippen molar-refractivity contribution in [2.24, 2.45) is 5.92 Å². The molecule has 1 amide bonds. The van der Waals surface area contributed by atoms with E-state index in [1.807, 2.05) is 36.1 Å². The molecule has 0 radical (unpaired) electrons. The summed E-state index contributed by atoms with van der Waals surface area (Å²) in [6.07, 6.45) is 4.08. The van der Waals surface area contributed by atoms with Gasteiger partial charge in [-0.3, -0.25) is 9.69 Å². The summed E-state index contributed by atoms with van der Waals surface area (Å²) in [5.74, 6) is 1.23. The van der Waals surface area contributed by atoms with Gasteiger partial charge in [-0.15, -0.1) is 10.2 Å². The van der Waals surface area contributed by atoms with Crippen LogP contribution in [-0.2, 0) is 4.79 Å². The number of amides is 1. The molecule has 2 aromatic rings. The van der Waals surface area contributed by atoms with E-state index in [2.05, 4.69) is 17.1 Å². The second kappa shape index (κ2) is 7.75. The molecule has 1 fully saturated rings. The maximum Gasteiger partial charge on any atom is 0.231 e. The number of ether oxygens (including phenoxy) is 1. The van der Waals surface area contributed by atoms with Crippen molar-refractivity contribution in [3.05, 3.63) is 24.3 Å². The Morgan fingerprint density at radius 2 is 2.00 bits per heavy atom. The first-order chi connectivity index (χ1) is 11.7. The van der Waals surface area contributed by atoms with Crippen molar-refractivity contribution in [3.63, 3.8) is 0 Å². The first-order valence-corrected chi connectivity index (χ1v) is 9.42. The van der Waals surface area contributed by atoms with Crippen molar-refractivity contribution < 1.29 is 9.53 Å².